The highest BCUT2D eigenvalue weighted by molar-refractivity contribution is 7.80. The van der Waals surface area contributed by atoms with Gasteiger partial charge in [-0.3, -0.25) is 9.78 Å². The van der Waals surface area contributed by atoms with Crippen molar-refractivity contribution in [1.29, 1.82) is 0 Å². The van der Waals surface area contributed by atoms with Gasteiger partial charge >= 0.3 is 0 Å². The zero-order valence-corrected chi connectivity index (χ0v) is 11.9. The molecular formula is C15H16N2OS. The number of carbonyl (C=O) groups excluding carboxylic acids is 1. The predicted molar refractivity (Wildman–Crippen MR) is 78.6 cm³/mol. The minimum Gasteiger partial charge on any atom is -0.348 e. The van der Waals surface area contributed by atoms with E-state index in [1.165, 1.54) is 0 Å². The molecule has 3 nitrogen and oxygen atoms in total. The van der Waals surface area contributed by atoms with E-state index < -0.39 is 0 Å². The number of hydrogen-bond acceptors (Lipinski definition) is 3. The second-order valence-corrected chi connectivity index (χ2v) is 5.00. The third-order valence-electron chi connectivity index (χ3n) is 3.05. The zero-order valence-electron chi connectivity index (χ0n) is 11.0. The quantitative estimate of drug-likeness (QED) is 0.844. The lowest BCUT2D eigenvalue weighted by atomic mass is 10.1. The number of aryl methyl sites for hydroxylation is 2. The number of hydrogen-bond donors (Lipinski definition) is 2. The molecule has 2 aromatic rings. The van der Waals surface area contributed by atoms with Crippen LogP contribution in [0.1, 0.15) is 27.0 Å². The Morgan fingerprint density at radius 1 is 1.26 bits per heavy atom. The summed E-state index contributed by atoms with van der Waals surface area (Å²) >= 11 is 4.26. The molecule has 98 valence electrons. The van der Waals surface area contributed by atoms with Crippen LogP contribution in [0.15, 0.2) is 41.6 Å². The lowest BCUT2D eigenvalue weighted by molar-refractivity contribution is 0.0950. The van der Waals surface area contributed by atoms with Crippen molar-refractivity contribution in [3.05, 3.63) is 58.9 Å². The topological polar surface area (TPSA) is 42.0 Å². The largest absolute Gasteiger partial charge is 0.348 e. The van der Waals surface area contributed by atoms with Crippen LogP contribution in [0.25, 0.3) is 0 Å². The van der Waals surface area contributed by atoms with Crippen molar-refractivity contribution in [2.45, 2.75) is 25.3 Å². The van der Waals surface area contributed by atoms with Crippen LogP contribution in [0.5, 0.6) is 0 Å². The summed E-state index contributed by atoms with van der Waals surface area (Å²) < 4.78 is 0. The minimum absolute atomic E-state index is 0.0864. The van der Waals surface area contributed by atoms with Gasteiger partial charge in [-0.1, -0.05) is 6.07 Å². The molecular weight excluding hydrogens is 256 g/mol. The highest BCUT2D eigenvalue weighted by atomic mass is 32.1. The van der Waals surface area contributed by atoms with Crippen LogP contribution in [0.4, 0.5) is 0 Å². The molecule has 0 saturated carbocycles. The van der Waals surface area contributed by atoms with Gasteiger partial charge in [0.1, 0.15) is 0 Å². The van der Waals surface area contributed by atoms with Gasteiger partial charge in [-0.25, -0.2) is 0 Å². The van der Waals surface area contributed by atoms with Gasteiger partial charge in [0.15, 0.2) is 0 Å². The Balaban J connectivity index is 2.10. The van der Waals surface area contributed by atoms with E-state index in [1.54, 1.807) is 18.5 Å². The first-order chi connectivity index (χ1) is 9.08. The van der Waals surface area contributed by atoms with E-state index in [1.807, 2.05) is 32.0 Å². The molecule has 2 rings (SSSR count). The summed E-state index contributed by atoms with van der Waals surface area (Å²) in [5.74, 6) is -0.0864. The summed E-state index contributed by atoms with van der Waals surface area (Å²) in [6.45, 7) is 4.40. The average Bonchev–Trinajstić information content (AvgIpc) is 2.40. The number of amides is 1. The van der Waals surface area contributed by atoms with E-state index in [0.717, 1.165) is 21.6 Å². The van der Waals surface area contributed by atoms with Crippen molar-refractivity contribution in [3.8, 4) is 0 Å². The van der Waals surface area contributed by atoms with E-state index in [0.29, 0.717) is 12.1 Å². The SMILES string of the molecule is Cc1ccncc1CNC(=O)c1cc(S)ccc1C. The maximum atomic E-state index is 12.1. The first-order valence-electron chi connectivity index (χ1n) is 6.05. The number of pyridine rings is 1. The molecule has 0 radical (unpaired) electrons. The Morgan fingerprint density at radius 2 is 2.05 bits per heavy atom. The number of aromatic nitrogens is 1. The average molecular weight is 272 g/mol. The molecule has 0 aliphatic heterocycles. The number of thiol groups is 1. The van der Waals surface area contributed by atoms with Crippen molar-refractivity contribution in [2.75, 3.05) is 0 Å². The molecule has 1 amide bonds. The van der Waals surface area contributed by atoms with Crippen molar-refractivity contribution >= 4 is 18.5 Å². The molecule has 0 aliphatic rings. The van der Waals surface area contributed by atoms with Crippen molar-refractivity contribution in [2.24, 2.45) is 0 Å². The van der Waals surface area contributed by atoms with Crippen LogP contribution in [-0.2, 0) is 6.54 Å². The molecule has 0 unspecified atom stereocenters. The summed E-state index contributed by atoms with van der Waals surface area (Å²) in [6, 6.07) is 7.48. The highest BCUT2D eigenvalue weighted by Gasteiger charge is 2.09. The van der Waals surface area contributed by atoms with Crippen LogP contribution in [0.3, 0.4) is 0 Å². The zero-order chi connectivity index (χ0) is 13.8. The molecule has 4 heteroatoms. The van der Waals surface area contributed by atoms with E-state index >= 15 is 0 Å². The molecule has 1 N–H and O–H groups in total. The Hall–Kier alpha value is -1.81. The fraction of sp³-hybridized carbons (Fsp3) is 0.200. The van der Waals surface area contributed by atoms with Gasteiger partial charge in [0.25, 0.3) is 5.91 Å². The lowest BCUT2D eigenvalue weighted by Crippen LogP contribution is -2.24. The molecule has 0 aliphatic carbocycles. The van der Waals surface area contributed by atoms with Crippen LogP contribution >= 0.6 is 12.6 Å². The molecule has 1 aromatic heterocycles. The normalized spacial score (nSPS) is 10.3. The number of rotatable bonds is 3. The van der Waals surface area contributed by atoms with E-state index in [4.69, 9.17) is 0 Å². The fourth-order valence-electron chi connectivity index (χ4n) is 1.81. The maximum Gasteiger partial charge on any atom is 0.251 e. The van der Waals surface area contributed by atoms with Gasteiger partial charge in [0.2, 0.25) is 0 Å². The number of nitrogens with one attached hydrogen (secondary N) is 1. The van der Waals surface area contributed by atoms with Crippen molar-refractivity contribution in [3.63, 3.8) is 0 Å². The summed E-state index contributed by atoms with van der Waals surface area (Å²) in [4.78, 5) is 17.0. The van der Waals surface area contributed by atoms with Crippen molar-refractivity contribution < 1.29 is 4.79 Å². The fourth-order valence-corrected chi connectivity index (χ4v) is 2.01. The summed E-state index contributed by atoms with van der Waals surface area (Å²) in [6.07, 6.45) is 3.52. The first-order valence-corrected chi connectivity index (χ1v) is 6.50. The van der Waals surface area contributed by atoms with Crippen LogP contribution < -0.4 is 5.32 Å². The highest BCUT2D eigenvalue weighted by Crippen LogP contribution is 2.14. The Labute approximate surface area is 118 Å². The number of carbonyl (C=O) groups is 1. The Morgan fingerprint density at radius 3 is 2.79 bits per heavy atom. The summed E-state index contributed by atoms with van der Waals surface area (Å²) in [5.41, 5.74) is 3.75. The monoisotopic (exact) mass is 272 g/mol. The molecule has 0 fully saturated rings. The number of benzene rings is 1. The first kappa shape index (κ1) is 13.6. The minimum atomic E-state index is -0.0864. The van der Waals surface area contributed by atoms with Crippen LogP contribution in [-0.4, -0.2) is 10.9 Å². The van der Waals surface area contributed by atoms with Crippen LogP contribution in [0, 0.1) is 13.8 Å². The molecule has 0 atom stereocenters. The van der Waals surface area contributed by atoms with E-state index in [-0.39, 0.29) is 5.91 Å². The van der Waals surface area contributed by atoms with Crippen molar-refractivity contribution in [1.82, 2.24) is 10.3 Å². The summed E-state index contributed by atoms with van der Waals surface area (Å²) in [5, 5.41) is 2.91. The lowest BCUT2D eigenvalue weighted by Gasteiger charge is -2.09. The maximum absolute atomic E-state index is 12.1. The van der Waals surface area contributed by atoms with E-state index in [9.17, 15) is 4.79 Å². The molecule has 1 aromatic carbocycles. The van der Waals surface area contributed by atoms with E-state index in [2.05, 4.69) is 22.9 Å². The predicted octanol–water partition coefficient (Wildman–Crippen LogP) is 2.92. The molecule has 0 spiro atoms. The van der Waals surface area contributed by atoms with Gasteiger partial charge in [-0.05, 0) is 48.7 Å². The Bertz CT molecular complexity index is 611. The van der Waals surface area contributed by atoms with Gasteiger partial charge in [0.05, 0.1) is 0 Å². The van der Waals surface area contributed by atoms with Gasteiger partial charge in [-0.2, -0.15) is 0 Å². The third kappa shape index (κ3) is 3.35. The van der Waals surface area contributed by atoms with Gasteiger partial charge < -0.3 is 5.32 Å². The molecule has 1 heterocycles. The second-order valence-electron chi connectivity index (χ2n) is 4.48. The van der Waals surface area contributed by atoms with Crippen LogP contribution in [0.2, 0.25) is 0 Å². The van der Waals surface area contributed by atoms with Gasteiger partial charge in [-0.15, -0.1) is 12.6 Å². The Kier molecular flexibility index (Phi) is 4.22. The third-order valence-corrected chi connectivity index (χ3v) is 3.33. The summed E-state index contributed by atoms with van der Waals surface area (Å²) in [7, 11) is 0. The van der Waals surface area contributed by atoms with Gasteiger partial charge in [0, 0.05) is 29.4 Å². The smallest absolute Gasteiger partial charge is 0.251 e. The second kappa shape index (κ2) is 5.89. The molecule has 0 saturated heterocycles. The molecule has 19 heavy (non-hydrogen) atoms. The molecule has 0 bridgehead atoms. The number of nitrogens with zero attached hydrogens (tertiary/aromatic N) is 1. The standard InChI is InChI=1S/C15H16N2OS/c1-10-5-6-16-8-12(10)9-17-15(18)14-7-13(19)4-3-11(14)2/h3-8,19H,9H2,1-2H3,(H,17,18).